The van der Waals surface area contributed by atoms with Crippen LogP contribution in [0.2, 0.25) is 0 Å². The van der Waals surface area contributed by atoms with E-state index >= 15 is 0 Å². The second kappa shape index (κ2) is 12.7. The summed E-state index contributed by atoms with van der Waals surface area (Å²) in [6.07, 6.45) is 17.9. The largest absolute Gasteiger partial charge is 0.0885 e. The molecule has 0 aliphatic rings. The van der Waals surface area contributed by atoms with Gasteiger partial charge in [-0.2, -0.15) is 0 Å². The molecule has 0 amide bonds. The molecule has 0 atom stereocenters. The maximum atomic E-state index is 3.83. The average Bonchev–Trinajstić information content (AvgIpc) is 2.21. The average molecular weight is 195 g/mol. The number of unbranched alkanes of at least 4 members (excludes halogenated alkanes) is 8. The third-order valence-corrected chi connectivity index (χ3v) is 2.51. The highest BCUT2D eigenvalue weighted by molar-refractivity contribution is 4.81. The monoisotopic (exact) mass is 195 g/mol. The predicted octanol–water partition coefficient (Wildman–Crippen LogP) is 5.30. The first-order chi connectivity index (χ1) is 6.91. The molecule has 0 N–H and O–H groups in total. The van der Waals surface area contributed by atoms with E-state index in [-0.39, 0.29) is 0 Å². The third kappa shape index (κ3) is 11.7. The number of allylic oxidation sites excluding steroid dienone is 2. The van der Waals surface area contributed by atoms with E-state index in [2.05, 4.69) is 26.0 Å². The van der Waals surface area contributed by atoms with Gasteiger partial charge in [-0.05, 0) is 25.7 Å². The van der Waals surface area contributed by atoms with Crippen LogP contribution >= 0.6 is 0 Å². The van der Waals surface area contributed by atoms with Gasteiger partial charge in [0.1, 0.15) is 0 Å². The van der Waals surface area contributed by atoms with Crippen LogP contribution in [0.3, 0.4) is 0 Å². The zero-order chi connectivity index (χ0) is 10.5. The van der Waals surface area contributed by atoms with Gasteiger partial charge >= 0.3 is 0 Å². The maximum absolute atomic E-state index is 3.83. The lowest BCUT2D eigenvalue weighted by molar-refractivity contribution is 0.611. The highest BCUT2D eigenvalue weighted by Crippen LogP contribution is 2.07. The Hall–Kier alpha value is -0.260. The summed E-state index contributed by atoms with van der Waals surface area (Å²) < 4.78 is 0. The maximum Gasteiger partial charge on any atom is -0.0351 e. The van der Waals surface area contributed by atoms with Crippen LogP contribution in [0, 0.1) is 6.92 Å². The van der Waals surface area contributed by atoms with Gasteiger partial charge in [0.05, 0.1) is 0 Å². The van der Waals surface area contributed by atoms with Crippen LogP contribution < -0.4 is 0 Å². The molecule has 0 heteroatoms. The molecular weight excluding hydrogens is 168 g/mol. The smallest absolute Gasteiger partial charge is 0.0351 e. The molecule has 0 aromatic carbocycles. The van der Waals surface area contributed by atoms with E-state index in [0.29, 0.717) is 0 Å². The van der Waals surface area contributed by atoms with Gasteiger partial charge in [0.25, 0.3) is 0 Å². The Bertz CT molecular complexity index is 113. The predicted molar refractivity (Wildman–Crippen MR) is 66.3 cm³/mol. The molecule has 0 spiro atoms. The van der Waals surface area contributed by atoms with E-state index in [1.807, 2.05) is 0 Å². The molecule has 0 nitrogen and oxygen atoms in total. The summed E-state index contributed by atoms with van der Waals surface area (Å²) in [5.74, 6) is 0. The zero-order valence-corrected chi connectivity index (χ0v) is 9.93. The fraction of sp³-hybridized carbons (Fsp3) is 0.786. The molecule has 0 saturated heterocycles. The van der Waals surface area contributed by atoms with Crippen molar-refractivity contribution >= 4 is 0 Å². The fourth-order valence-electron chi connectivity index (χ4n) is 1.54. The van der Waals surface area contributed by atoms with Crippen LogP contribution in [0.1, 0.15) is 71.1 Å². The van der Waals surface area contributed by atoms with E-state index in [0.717, 1.165) is 6.42 Å². The van der Waals surface area contributed by atoms with Gasteiger partial charge in [-0.3, -0.25) is 0 Å². The summed E-state index contributed by atoms with van der Waals surface area (Å²) >= 11 is 0. The minimum absolute atomic E-state index is 1.07. The van der Waals surface area contributed by atoms with Crippen molar-refractivity contribution in [3.63, 3.8) is 0 Å². The Morgan fingerprint density at radius 3 is 2.00 bits per heavy atom. The molecule has 0 rings (SSSR count). The van der Waals surface area contributed by atoms with Crippen molar-refractivity contribution in [2.24, 2.45) is 0 Å². The van der Waals surface area contributed by atoms with Crippen LogP contribution in [0.5, 0.6) is 0 Å². The number of hydrogen-bond donors (Lipinski definition) is 0. The SMILES string of the molecule is [CH2]CCC/C=C/CCCCCCCC. The Morgan fingerprint density at radius 2 is 1.36 bits per heavy atom. The summed E-state index contributed by atoms with van der Waals surface area (Å²) in [6.45, 7) is 6.10. The van der Waals surface area contributed by atoms with Gasteiger partial charge in [0.15, 0.2) is 0 Å². The van der Waals surface area contributed by atoms with Crippen molar-refractivity contribution in [1.82, 2.24) is 0 Å². The minimum Gasteiger partial charge on any atom is -0.0885 e. The highest BCUT2D eigenvalue weighted by Gasteiger charge is 1.87. The van der Waals surface area contributed by atoms with E-state index in [4.69, 9.17) is 0 Å². The normalized spacial score (nSPS) is 11.3. The molecule has 0 aromatic rings. The first kappa shape index (κ1) is 13.7. The zero-order valence-electron chi connectivity index (χ0n) is 9.93. The van der Waals surface area contributed by atoms with Crippen LogP contribution in [-0.4, -0.2) is 0 Å². The van der Waals surface area contributed by atoms with Crippen LogP contribution in [0.25, 0.3) is 0 Å². The van der Waals surface area contributed by atoms with Crippen molar-refractivity contribution in [1.29, 1.82) is 0 Å². The highest BCUT2D eigenvalue weighted by atomic mass is 13.9. The van der Waals surface area contributed by atoms with Gasteiger partial charge < -0.3 is 0 Å². The molecule has 0 aliphatic carbocycles. The third-order valence-electron chi connectivity index (χ3n) is 2.51. The summed E-state index contributed by atoms with van der Waals surface area (Å²) in [4.78, 5) is 0. The van der Waals surface area contributed by atoms with E-state index < -0.39 is 0 Å². The van der Waals surface area contributed by atoms with Gasteiger partial charge in [-0.15, -0.1) is 0 Å². The number of hydrogen-bond acceptors (Lipinski definition) is 0. The summed E-state index contributed by atoms with van der Waals surface area (Å²) in [5, 5.41) is 0. The first-order valence-electron chi connectivity index (χ1n) is 6.36. The minimum atomic E-state index is 1.07. The quantitative estimate of drug-likeness (QED) is 0.328. The molecule has 0 aliphatic heterocycles. The van der Waals surface area contributed by atoms with E-state index in [1.165, 1.54) is 57.8 Å². The van der Waals surface area contributed by atoms with Crippen LogP contribution in [0.15, 0.2) is 12.2 Å². The standard InChI is InChI=1S/C14H27/c1-3-5-7-9-11-13-14-12-10-8-6-4-2/h9,11H,1,3-8,10,12-14H2,2H3/b11-9+. The summed E-state index contributed by atoms with van der Waals surface area (Å²) in [6, 6.07) is 0. The van der Waals surface area contributed by atoms with Gasteiger partial charge in [-0.1, -0.05) is 64.5 Å². The van der Waals surface area contributed by atoms with Crippen molar-refractivity contribution < 1.29 is 0 Å². The topological polar surface area (TPSA) is 0 Å². The van der Waals surface area contributed by atoms with E-state index in [1.54, 1.807) is 0 Å². The van der Waals surface area contributed by atoms with Gasteiger partial charge in [0, 0.05) is 0 Å². The van der Waals surface area contributed by atoms with Crippen LogP contribution in [-0.2, 0) is 0 Å². The molecule has 1 radical (unpaired) electrons. The lowest BCUT2D eigenvalue weighted by Crippen LogP contribution is -1.77. The van der Waals surface area contributed by atoms with Crippen molar-refractivity contribution in [2.75, 3.05) is 0 Å². The van der Waals surface area contributed by atoms with Gasteiger partial charge in [-0.25, -0.2) is 0 Å². The van der Waals surface area contributed by atoms with Gasteiger partial charge in [0.2, 0.25) is 0 Å². The molecule has 14 heavy (non-hydrogen) atoms. The van der Waals surface area contributed by atoms with Crippen LogP contribution in [0.4, 0.5) is 0 Å². The lowest BCUT2D eigenvalue weighted by atomic mass is 10.1. The fourth-order valence-corrected chi connectivity index (χ4v) is 1.54. The molecule has 0 aromatic heterocycles. The number of rotatable bonds is 10. The molecule has 0 fully saturated rings. The molecular formula is C14H27. The summed E-state index contributed by atoms with van der Waals surface area (Å²) in [7, 11) is 0. The Balaban J connectivity index is 2.94. The Labute approximate surface area is 90.8 Å². The second-order valence-corrected chi connectivity index (χ2v) is 4.02. The van der Waals surface area contributed by atoms with Crippen molar-refractivity contribution in [2.45, 2.75) is 71.1 Å². The lowest BCUT2D eigenvalue weighted by Gasteiger charge is -1.97. The molecule has 0 heterocycles. The summed E-state index contributed by atoms with van der Waals surface area (Å²) in [5.41, 5.74) is 0. The van der Waals surface area contributed by atoms with E-state index in [9.17, 15) is 0 Å². The van der Waals surface area contributed by atoms with Crippen molar-refractivity contribution in [3.8, 4) is 0 Å². The molecule has 0 unspecified atom stereocenters. The molecule has 83 valence electrons. The molecule has 0 saturated carbocycles. The Morgan fingerprint density at radius 1 is 0.786 bits per heavy atom. The van der Waals surface area contributed by atoms with Crippen molar-refractivity contribution in [3.05, 3.63) is 19.1 Å². The Kier molecular flexibility index (Phi) is 12.5. The molecule has 0 bridgehead atoms. The first-order valence-corrected chi connectivity index (χ1v) is 6.36. The second-order valence-electron chi connectivity index (χ2n) is 4.02.